The van der Waals surface area contributed by atoms with E-state index in [9.17, 15) is 0 Å². The van der Waals surface area contributed by atoms with Crippen molar-refractivity contribution in [2.45, 2.75) is 6.92 Å². The molecule has 0 saturated carbocycles. The number of hydrogen-bond acceptors (Lipinski definition) is 6. The molecular weight excluding hydrogens is 302 g/mol. The van der Waals surface area contributed by atoms with E-state index in [0.717, 1.165) is 55.3 Å². The van der Waals surface area contributed by atoms with E-state index in [1.54, 1.807) is 6.20 Å². The van der Waals surface area contributed by atoms with Crippen molar-refractivity contribution in [3.8, 4) is 0 Å². The van der Waals surface area contributed by atoms with E-state index in [2.05, 4.69) is 66.5 Å². The van der Waals surface area contributed by atoms with Gasteiger partial charge >= 0.3 is 0 Å². The fourth-order valence-electron chi connectivity index (χ4n) is 3.08. The van der Waals surface area contributed by atoms with E-state index in [-0.39, 0.29) is 0 Å². The number of nitrogens with one attached hydrogen (secondary N) is 2. The van der Waals surface area contributed by atoms with Gasteiger partial charge in [-0.15, -0.1) is 0 Å². The molecule has 2 N–H and O–H groups in total. The number of hydrogen-bond donors (Lipinski definition) is 2. The molecule has 4 rings (SSSR count). The lowest BCUT2D eigenvalue weighted by atomic mass is 10.2. The minimum atomic E-state index is 0.734. The second-order valence-electron chi connectivity index (χ2n) is 5.95. The summed E-state index contributed by atoms with van der Waals surface area (Å²) in [6.45, 7) is 7.80. The molecule has 0 bridgehead atoms. The molecule has 1 aromatic carbocycles. The van der Waals surface area contributed by atoms with Gasteiger partial charge in [-0.05, 0) is 30.8 Å². The lowest BCUT2D eigenvalue weighted by molar-refractivity contribution is 0.271. The van der Waals surface area contributed by atoms with Crippen LogP contribution in [0.4, 0.5) is 17.2 Å². The van der Waals surface area contributed by atoms with Crippen LogP contribution in [0.5, 0.6) is 0 Å². The molecule has 0 amide bonds. The summed E-state index contributed by atoms with van der Waals surface area (Å²) in [5.41, 5.74) is 3.01. The van der Waals surface area contributed by atoms with Gasteiger partial charge in [-0.1, -0.05) is 6.92 Å². The molecule has 0 spiro atoms. The van der Waals surface area contributed by atoms with Gasteiger partial charge < -0.3 is 15.1 Å². The number of fused-ring (bicyclic) bond motifs is 1. The van der Waals surface area contributed by atoms with Gasteiger partial charge in [0.25, 0.3) is 0 Å². The van der Waals surface area contributed by atoms with Crippen molar-refractivity contribution < 1.29 is 0 Å². The highest BCUT2D eigenvalue weighted by atomic mass is 15.3. The Morgan fingerprint density at radius 1 is 1.08 bits per heavy atom. The summed E-state index contributed by atoms with van der Waals surface area (Å²) in [6, 6.07) is 8.51. The van der Waals surface area contributed by atoms with Crippen molar-refractivity contribution >= 4 is 28.2 Å². The monoisotopic (exact) mass is 323 g/mol. The highest BCUT2D eigenvalue weighted by molar-refractivity contribution is 5.87. The zero-order valence-corrected chi connectivity index (χ0v) is 13.7. The Kier molecular flexibility index (Phi) is 4.00. The van der Waals surface area contributed by atoms with Crippen molar-refractivity contribution in [1.29, 1.82) is 0 Å². The topological polar surface area (TPSA) is 73.0 Å². The van der Waals surface area contributed by atoms with Crippen LogP contribution in [0.1, 0.15) is 6.92 Å². The van der Waals surface area contributed by atoms with Gasteiger partial charge in [0.05, 0.1) is 11.6 Å². The number of benzene rings is 1. The molecule has 3 heterocycles. The normalized spacial score (nSPS) is 15.8. The lowest BCUT2D eigenvalue weighted by Gasteiger charge is -2.35. The third-order valence-corrected chi connectivity index (χ3v) is 4.56. The first-order valence-electron chi connectivity index (χ1n) is 8.32. The highest BCUT2D eigenvalue weighted by Crippen LogP contribution is 2.24. The zero-order chi connectivity index (χ0) is 16.4. The second kappa shape index (κ2) is 6.45. The molecule has 7 heteroatoms. The van der Waals surface area contributed by atoms with Crippen LogP contribution < -0.4 is 10.2 Å². The number of likely N-dealkylation sites (N-methyl/N-ethyl adjacent to an activating group) is 1. The summed E-state index contributed by atoms with van der Waals surface area (Å²) in [6.07, 6.45) is 3.27. The molecule has 2 aromatic heterocycles. The molecule has 3 aromatic rings. The van der Waals surface area contributed by atoms with Gasteiger partial charge in [0.1, 0.15) is 12.1 Å². The number of H-pyrrole nitrogens is 1. The van der Waals surface area contributed by atoms with Gasteiger partial charge in [0.15, 0.2) is 5.65 Å². The summed E-state index contributed by atoms with van der Waals surface area (Å²) < 4.78 is 0. The van der Waals surface area contributed by atoms with Gasteiger partial charge in [-0.2, -0.15) is 5.10 Å². The van der Waals surface area contributed by atoms with E-state index in [1.807, 2.05) is 0 Å². The fraction of sp³-hybridized carbons (Fsp3) is 0.353. The first kappa shape index (κ1) is 14.9. The first-order valence-corrected chi connectivity index (χ1v) is 8.32. The maximum atomic E-state index is 4.31. The van der Waals surface area contributed by atoms with Crippen LogP contribution in [0.2, 0.25) is 0 Å². The standard InChI is InChI=1S/C17H21N7/c1-2-23-7-9-24(10-8-23)14-5-3-13(4-6-14)21-16-15-11-20-22-17(15)19-12-18-16/h3-6,11-12H,2,7-10H2,1H3,(H2,18,19,20,21,22). The number of nitrogens with zero attached hydrogens (tertiary/aromatic N) is 5. The smallest absolute Gasteiger partial charge is 0.160 e. The molecule has 0 atom stereocenters. The molecular formula is C17H21N7. The number of piperazine rings is 1. The van der Waals surface area contributed by atoms with Gasteiger partial charge in [0.2, 0.25) is 0 Å². The SMILES string of the molecule is CCN1CCN(c2ccc(Nc3ncnc4[nH]ncc34)cc2)CC1. The van der Waals surface area contributed by atoms with Crippen LogP contribution in [0, 0.1) is 0 Å². The van der Waals surface area contributed by atoms with Crippen molar-refractivity contribution in [3.63, 3.8) is 0 Å². The Morgan fingerprint density at radius 3 is 2.62 bits per heavy atom. The predicted molar refractivity (Wildman–Crippen MR) is 95.7 cm³/mol. The number of aromatic nitrogens is 4. The number of anilines is 3. The van der Waals surface area contributed by atoms with Crippen LogP contribution >= 0.6 is 0 Å². The molecule has 1 fully saturated rings. The molecule has 124 valence electrons. The van der Waals surface area contributed by atoms with Crippen LogP contribution in [-0.2, 0) is 0 Å². The third-order valence-electron chi connectivity index (χ3n) is 4.56. The molecule has 1 saturated heterocycles. The van der Waals surface area contributed by atoms with Crippen molar-refractivity contribution in [2.75, 3.05) is 42.9 Å². The van der Waals surface area contributed by atoms with Crippen LogP contribution in [0.15, 0.2) is 36.8 Å². The Hall–Kier alpha value is -2.67. The van der Waals surface area contributed by atoms with Crippen LogP contribution in [0.25, 0.3) is 11.0 Å². The maximum Gasteiger partial charge on any atom is 0.160 e. The van der Waals surface area contributed by atoms with Gasteiger partial charge in [0, 0.05) is 37.6 Å². The largest absolute Gasteiger partial charge is 0.369 e. The average molecular weight is 323 g/mol. The minimum Gasteiger partial charge on any atom is -0.369 e. The average Bonchev–Trinajstić information content (AvgIpc) is 3.12. The number of aromatic amines is 1. The molecule has 0 radical (unpaired) electrons. The summed E-state index contributed by atoms with van der Waals surface area (Å²) >= 11 is 0. The van der Waals surface area contributed by atoms with E-state index in [4.69, 9.17) is 0 Å². The minimum absolute atomic E-state index is 0.734. The Bertz CT molecular complexity index is 803. The van der Waals surface area contributed by atoms with Crippen molar-refractivity contribution in [1.82, 2.24) is 25.1 Å². The predicted octanol–water partition coefficient (Wildman–Crippen LogP) is 2.24. The van der Waals surface area contributed by atoms with Gasteiger partial charge in [-0.25, -0.2) is 9.97 Å². The zero-order valence-electron chi connectivity index (χ0n) is 13.7. The highest BCUT2D eigenvalue weighted by Gasteiger charge is 2.15. The van der Waals surface area contributed by atoms with Gasteiger partial charge in [-0.3, -0.25) is 5.10 Å². The first-order chi connectivity index (χ1) is 11.8. The molecule has 0 aliphatic carbocycles. The van der Waals surface area contributed by atoms with Crippen molar-refractivity contribution in [2.24, 2.45) is 0 Å². The molecule has 0 unspecified atom stereocenters. The summed E-state index contributed by atoms with van der Waals surface area (Å²) in [4.78, 5) is 13.4. The fourth-order valence-corrected chi connectivity index (χ4v) is 3.08. The maximum absolute atomic E-state index is 4.31. The van der Waals surface area contributed by atoms with E-state index in [0.29, 0.717) is 0 Å². The molecule has 7 nitrogen and oxygen atoms in total. The second-order valence-corrected chi connectivity index (χ2v) is 5.95. The summed E-state index contributed by atoms with van der Waals surface area (Å²) in [7, 11) is 0. The molecule has 24 heavy (non-hydrogen) atoms. The molecule has 1 aliphatic heterocycles. The van der Waals surface area contributed by atoms with Crippen LogP contribution in [-0.4, -0.2) is 57.8 Å². The molecule has 1 aliphatic rings. The van der Waals surface area contributed by atoms with E-state index in [1.165, 1.54) is 12.0 Å². The summed E-state index contributed by atoms with van der Waals surface area (Å²) in [5, 5.41) is 11.1. The van der Waals surface area contributed by atoms with Crippen molar-refractivity contribution in [3.05, 3.63) is 36.8 Å². The Labute approximate surface area is 140 Å². The third kappa shape index (κ3) is 2.90. The number of rotatable bonds is 4. The van der Waals surface area contributed by atoms with Crippen LogP contribution in [0.3, 0.4) is 0 Å². The Morgan fingerprint density at radius 2 is 1.88 bits per heavy atom. The summed E-state index contributed by atoms with van der Waals surface area (Å²) in [5.74, 6) is 0.762. The lowest BCUT2D eigenvalue weighted by Crippen LogP contribution is -2.46. The van der Waals surface area contributed by atoms with E-state index >= 15 is 0 Å². The Balaban J connectivity index is 1.47. The van der Waals surface area contributed by atoms with E-state index < -0.39 is 0 Å². The quantitative estimate of drug-likeness (QED) is 0.767.